The number of anilines is 6. The highest BCUT2D eigenvalue weighted by atomic mass is 16.2. The Bertz CT molecular complexity index is 2630. The zero-order valence-electron chi connectivity index (χ0n) is 38.9. The van der Waals surface area contributed by atoms with Crippen molar-refractivity contribution in [2.24, 2.45) is 25.9 Å². The van der Waals surface area contributed by atoms with Crippen LogP contribution in [-0.2, 0) is 23.7 Å². The fraction of sp³-hybridized carbons (Fsp3) is 0.300. The van der Waals surface area contributed by atoms with Crippen LogP contribution in [0.4, 0.5) is 34.4 Å². The van der Waals surface area contributed by atoms with E-state index in [1.54, 1.807) is 54.2 Å². The first-order valence-electron chi connectivity index (χ1n) is 21.7. The monoisotopic (exact) mass is 818 g/mol. The lowest BCUT2D eigenvalue weighted by Gasteiger charge is -2.15. The first-order chi connectivity index (χ1) is 31.2. The van der Waals surface area contributed by atoms with Gasteiger partial charge in [-0.15, -0.1) is 25.5 Å². The summed E-state index contributed by atoms with van der Waals surface area (Å²) in [5, 5.41) is 43.4. The minimum Gasteiger partial charge on any atom is -0.354 e. The Labute approximate surface area is 352 Å². The van der Waals surface area contributed by atoms with Gasteiger partial charge in [0.25, 0.3) is 11.8 Å². The fourth-order valence-corrected chi connectivity index (χ4v) is 5.98. The molecule has 0 bridgehead atoms. The van der Waals surface area contributed by atoms with Gasteiger partial charge in [-0.3, -0.25) is 28.5 Å². The van der Waals surface area contributed by atoms with Crippen molar-refractivity contribution in [2.75, 3.05) is 35.2 Å². The Balaban J connectivity index is 0.000000196. The van der Waals surface area contributed by atoms with Crippen LogP contribution in [0.1, 0.15) is 66.0 Å². The van der Waals surface area contributed by atoms with Gasteiger partial charge in [0.05, 0.1) is 17.6 Å². The number of hydrogen-bond donors (Lipinski definition) is 6. The zero-order chi connectivity index (χ0) is 47.5. The number of nitrogens with one attached hydrogen (secondary N) is 6. The van der Waals surface area contributed by atoms with Crippen molar-refractivity contribution in [3.05, 3.63) is 83.6 Å². The standard InChI is InChI=1S/2C20H22N8O2/c1-11-13(16-10-28(3)27-24-16)5-4-6-14(11)22-15-9-17(23-19(29)12-7-8-12)25-26-18(15)20(30)21-2;1-11-13(18-22-10-28(3)27-18)5-4-6-14(11)23-15-9-16(24-19(29)12-7-8-12)25-26-17(15)20(30)21-2/h4-6,9-10,12H,7-8H2,1-3H3,(H,21,30)(H2,22,23,25,29);4-6,9-10,12H,7-8H2,1-3H3,(H,21,30)(H2,23,24,25,29)/i2*2D3. The highest BCUT2D eigenvalue weighted by Gasteiger charge is 2.31. The van der Waals surface area contributed by atoms with Crippen LogP contribution in [0, 0.1) is 25.7 Å². The van der Waals surface area contributed by atoms with Crippen LogP contribution in [0.2, 0.25) is 0 Å². The molecule has 20 nitrogen and oxygen atoms in total. The van der Waals surface area contributed by atoms with Gasteiger partial charge in [-0.2, -0.15) is 5.10 Å². The summed E-state index contributed by atoms with van der Waals surface area (Å²) >= 11 is 0. The molecule has 8 rings (SSSR count). The number of hydrogen-bond acceptors (Lipinski definition) is 14. The van der Waals surface area contributed by atoms with Crippen molar-refractivity contribution in [1.82, 2.24) is 60.8 Å². The summed E-state index contributed by atoms with van der Waals surface area (Å²) in [5.74, 6) is -1.45. The lowest BCUT2D eigenvalue weighted by Crippen LogP contribution is -2.22. The van der Waals surface area contributed by atoms with Crippen molar-refractivity contribution in [3.63, 3.8) is 0 Å². The number of carbonyl (C=O) groups is 4. The van der Waals surface area contributed by atoms with Gasteiger partial charge in [-0.05, 0) is 62.8 Å². The maximum absolute atomic E-state index is 12.6. The molecule has 2 aliphatic carbocycles. The van der Waals surface area contributed by atoms with E-state index in [0.29, 0.717) is 22.9 Å². The molecule has 2 aromatic carbocycles. The molecule has 20 heteroatoms. The Morgan fingerprint density at radius 3 is 1.63 bits per heavy atom. The van der Waals surface area contributed by atoms with Gasteiger partial charge in [-0.1, -0.05) is 29.5 Å². The quantitative estimate of drug-likeness (QED) is 0.102. The van der Waals surface area contributed by atoms with Crippen LogP contribution < -0.4 is 31.9 Å². The molecule has 2 fully saturated rings. The third-order valence-corrected chi connectivity index (χ3v) is 9.57. The lowest BCUT2D eigenvalue weighted by molar-refractivity contribution is -0.118. The van der Waals surface area contributed by atoms with E-state index in [9.17, 15) is 19.2 Å². The molecular weight excluding hydrogens is 769 g/mol. The predicted octanol–water partition coefficient (Wildman–Crippen LogP) is 4.06. The molecule has 0 atom stereocenters. The number of nitrogens with zero attached hydrogens (tertiary/aromatic N) is 10. The molecule has 4 aromatic heterocycles. The second kappa shape index (κ2) is 17.5. The van der Waals surface area contributed by atoms with Gasteiger partial charge >= 0.3 is 0 Å². The molecule has 60 heavy (non-hydrogen) atoms. The van der Waals surface area contributed by atoms with Crippen LogP contribution in [0.15, 0.2) is 61.1 Å². The molecule has 2 aliphatic rings. The van der Waals surface area contributed by atoms with Crippen LogP contribution in [0.5, 0.6) is 0 Å². The Morgan fingerprint density at radius 2 is 1.18 bits per heavy atom. The third kappa shape index (κ3) is 9.38. The van der Waals surface area contributed by atoms with Crippen LogP contribution >= 0.6 is 0 Å². The highest BCUT2D eigenvalue weighted by Crippen LogP contribution is 2.34. The number of benzene rings is 2. The Morgan fingerprint density at radius 1 is 0.667 bits per heavy atom. The summed E-state index contributed by atoms with van der Waals surface area (Å²) in [4.78, 5) is 53.7. The summed E-state index contributed by atoms with van der Waals surface area (Å²) in [6.07, 6.45) is 6.64. The Kier molecular flexibility index (Phi) is 9.71. The minimum atomic E-state index is -2.70. The van der Waals surface area contributed by atoms with Crippen molar-refractivity contribution in [3.8, 4) is 22.6 Å². The van der Waals surface area contributed by atoms with Crippen LogP contribution in [0.3, 0.4) is 0 Å². The maximum atomic E-state index is 12.6. The smallest absolute Gasteiger partial charge is 0.273 e. The van der Waals surface area contributed by atoms with Crippen molar-refractivity contribution in [2.45, 2.75) is 39.5 Å². The third-order valence-electron chi connectivity index (χ3n) is 9.57. The van der Waals surface area contributed by atoms with Crippen molar-refractivity contribution < 1.29 is 27.4 Å². The molecule has 2 saturated carbocycles. The van der Waals surface area contributed by atoms with Gasteiger partial charge < -0.3 is 31.9 Å². The molecular formula is C40H44N16O4. The Hall–Kier alpha value is -7.64. The van der Waals surface area contributed by atoms with E-state index in [-0.39, 0.29) is 58.0 Å². The van der Waals surface area contributed by atoms with Crippen molar-refractivity contribution in [1.29, 1.82) is 0 Å². The maximum Gasteiger partial charge on any atom is 0.273 e. The first kappa shape index (κ1) is 33.3. The summed E-state index contributed by atoms with van der Waals surface area (Å²) in [5.41, 5.74) is 5.07. The molecule has 4 heterocycles. The molecule has 0 radical (unpaired) electrons. The van der Waals surface area contributed by atoms with Gasteiger partial charge in [0, 0.05) is 82.7 Å². The molecule has 4 amide bonds. The van der Waals surface area contributed by atoms with Gasteiger partial charge in [0.15, 0.2) is 28.8 Å². The van der Waals surface area contributed by atoms with E-state index < -0.39 is 25.8 Å². The molecule has 0 unspecified atom stereocenters. The zero-order valence-corrected chi connectivity index (χ0v) is 32.9. The summed E-state index contributed by atoms with van der Waals surface area (Å²) in [6.45, 7) is -1.66. The van der Waals surface area contributed by atoms with Crippen LogP contribution in [0.25, 0.3) is 22.6 Å². The molecule has 6 aromatic rings. The van der Waals surface area contributed by atoms with E-state index >= 15 is 0 Å². The normalized spacial score (nSPS) is 14.9. The van der Waals surface area contributed by atoms with Gasteiger partial charge in [-0.25, -0.2) is 4.98 Å². The second-order valence-electron chi connectivity index (χ2n) is 14.1. The molecule has 0 aliphatic heterocycles. The molecule has 0 spiro atoms. The van der Waals surface area contributed by atoms with Crippen LogP contribution in [-0.4, -0.2) is 87.7 Å². The minimum absolute atomic E-state index is 0.0485. The summed E-state index contributed by atoms with van der Waals surface area (Å²) < 4.78 is 47.1. The van der Waals surface area contributed by atoms with Gasteiger partial charge in [0.1, 0.15) is 12.0 Å². The van der Waals surface area contributed by atoms with E-state index in [1.807, 2.05) is 42.7 Å². The lowest BCUT2D eigenvalue weighted by atomic mass is 10.0. The topological polar surface area (TPSA) is 253 Å². The summed E-state index contributed by atoms with van der Waals surface area (Å²) in [7, 11) is 3.54. The summed E-state index contributed by atoms with van der Waals surface area (Å²) in [6, 6.07) is 13.9. The van der Waals surface area contributed by atoms with E-state index in [1.165, 1.54) is 12.1 Å². The molecule has 308 valence electrons. The van der Waals surface area contributed by atoms with Gasteiger partial charge in [0.2, 0.25) is 11.8 Å². The average molecular weight is 819 g/mol. The average Bonchev–Trinajstić information content (AvgIpc) is 4.18. The largest absolute Gasteiger partial charge is 0.354 e. The SMILES string of the molecule is [2H]C([2H])([2H])NC(=O)c1nnc(NC(=O)C2CC2)cc1Nc1cccc(-c2cn(C)nn2)c1C.[2H]C([2H])([2H])NC(=O)c1nnc(NC(=O)C2CC2)cc1Nc1cccc(-c2ncn(C)n2)c1C. The van der Waals surface area contributed by atoms with E-state index in [0.717, 1.165) is 47.9 Å². The number of aromatic nitrogens is 10. The van der Waals surface area contributed by atoms with E-state index in [4.69, 9.17) is 8.22 Å². The number of amides is 4. The fourth-order valence-electron chi connectivity index (χ4n) is 5.98. The predicted molar refractivity (Wildman–Crippen MR) is 222 cm³/mol. The molecule has 0 saturated heterocycles. The first-order valence-corrected chi connectivity index (χ1v) is 18.7. The number of rotatable bonds is 12. The van der Waals surface area contributed by atoms with E-state index in [2.05, 4.69) is 62.1 Å². The highest BCUT2D eigenvalue weighted by molar-refractivity contribution is 6.01. The number of aryl methyl sites for hydroxylation is 2. The van der Waals surface area contributed by atoms with Crippen molar-refractivity contribution >= 4 is 58.0 Å². The number of carbonyl (C=O) groups excluding carboxylic acids is 4. The molecule has 6 N–H and O–H groups in total. The second-order valence-corrected chi connectivity index (χ2v) is 14.1.